The van der Waals surface area contributed by atoms with E-state index in [2.05, 4.69) is 4.98 Å². The monoisotopic (exact) mass is 592 g/mol. The normalized spacial score (nSPS) is 24.8. The minimum atomic E-state index is -4.15. The van der Waals surface area contributed by atoms with E-state index in [1.165, 1.54) is 30.2 Å². The Bertz CT molecular complexity index is 1310. The summed E-state index contributed by atoms with van der Waals surface area (Å²) in [5.41, 5.74) is 3.29. The molecule has 2 atom stereocenters. The fourth-order valence-electron chi connectivity index (χ4n) is 6.33. The molecule has 1 saturated carbocycles. The molecular formula is C30H36F4N4O4. The fraction of sp³-hybridized carbons (Fsp3) is 0.567. The van der Waals surface area contributed by atoms with Crippen LogP contribution in [0.5, 0.6) is 5.88 Å². The summed E-state index contributed by atoms with van der Waals surface area (Å²) in [6.45, 7) is 3.09. The molecule has 0 radical (unpaired) electrons. The molecule has 2 aromatic rings. The number of aromatic nitrogens is 1. The number of benzene rings is 1. The zero-order chi connectivity index (χ0) is 30.3. The first-order chi connectivity index (χ1) is 19.8. The summed E-state index contributed by atoms with van der Waals surface area (Å²) in [7, 11) is 0. The minimum Gasteiger partial charge on any atom is -0.477 e. The van der Waals surface area contributed by atoms with Gasteiger partial charge in [0.05, 0.1) is 18.1 Å². The molecule has 1 aliphatic carbocycles. The van der Waals surface area contributed by atoms with Gasteiger partial charge in [0.1, 0.15) is 11.4 Å². The van der Waals surface area contributed by atoms with Gasteiger partial charge in [-0.1, -0.05) is 12.5 Å². The van der Waals surface area contributed by atoms with Gasteiger partial charge in [-0.05, 0) is 69.8 Å². The highest BCUT2D eigenvalue weighted by Crippen LogP contribution is 2.53. The van der Waals surface area contributed by atoms with E-state index in [0.717, 1.165) is 18.9 Å². The van der Waals surface area contributed by atoms with Gasteiger partial charge in [-0.15, -0.1) is 0 Å². The van der Waals surface area contributed by atoms with Gasteiger partial charge in [0.25, 0.3) is 5.91 Å². The lowest BCUT2D eigenvalue weighted by Crippen LogP contribution is -2.53. The first-order valence-electron chi connectivity index (χ1n) is 14.3. The largest absolute Gasteiger partial charge is 0.477 e. The van der Waals surface area contributed by atoms with Gasteiger partial charge in [0.2, 0.25) is 11.8 Å². The Morgan fingerprint density at radius 1 is 1.17 bits per heavy atom. The Morgan fingerprint density at radius 3 is 2.43 bits per heavy atom. The Hall–Kier alpha value is -3.25. The van der Waals surface area contributed by atoms with Crippen LogP contribution in [0.15, 0.2) is 36.5 Å². The molecule has 0 spiro atoms. The van der Waals surface area contributed by atoms with Crippen molar-refractivity contribution >= 4 is 11.8 Å². The Balaban J connectivity index is 1.14. The maximum atomic E-state index is 15.1. The molecule has 12 heteroatoms. The molecule has 3 heterocycles. The van der Waals surface area contributed by atoms with E-state index in [1.54, 1.807) is 12.1 Å². The molecule has 228 valence electrons. The van der Waals surface area contributed by atoms with Crippen LogP contribution in [0.25, 0.3) is 11.1 Å². The van der Waals surface area contributed by atoms with Crippen molar-refractivity contribution in [2.24, 2.45) is 17.1 Å². The summed E-state index contributed by atoms with van der Waals surface area (Å²) in [5, 5.41) is 10.0. The van der Waals surface area contributed by atoms with Gasteiger partial charge < -0.3 is 25.4 Å². The lowest BCUT2D eigenvalue weighted by atomic mass is 9.67. The zero-order valence-electron chi connectivity index (χ0n) is 23.5. The number of amides is 2. The average Bonchev–Trinajstić information content (AvgIpc) is 3.24. The second-order valence-electron chi connectivity index (χ2n) is 12.2. The van der Waals surface area contributed by atoms with Crippen LogP contribution < -0.4 is 10.5 Å². The van der Waals surface area contributed by atoms with Crippen molar-refractivity contribution in [1.82, 2.24) is 14.8 Å². The third-order valence-corrected chi connectivity index (χ3v) is 9.27. The van der Waals surface area contributed by atoms with Crippen molar-refractivity contribution in [3.05, 3.63) is 47.9 Å². The maximum Gasteiger partial charge on any atom is 0.395 e. The first kappa shape index (κ1) is 30.2. The quantitative estimate of drug-likeness (QED) is 0.446. The van der Waals surface area contributed by atoms with Crippen molar-refractivity contribution in [2.75, 3.05) is 32.8 Å². The molecule has 1 aromatic heterocycles. The molecule has 0 unspecified atom stereocenters. The number of piperidine rings is 1. The zero-order valence-corrected chi connectivity index (χ0v) is 23.5. The molecule has 3 fully saturated rings. The number of pyridine rings is 1. The number of β-amino-alcohol motifs (C(OH)–C–C–N with tert-alkyl or cyclic N) is 1. The van der Waals surface area contributed by atoms with Crippen molar-refractivity contribution in [2.45, 2.75) is 63.3 Å². The summed E-state index contributed by atoms with van der Waals surface area (Å²) < 4.78 is 61.5. The number of carbonyl (C=O) groups is 2. The predicted molar refractivity (Wildman–Crippen MR) is 146 cm³/mol. The van der Waals surface area contributed by atoms with Gasteiger partial charge in [-0.25, -0.2) is 9.37 Å². The molecular weight excluding hydrogens is 556 g/mol. The number of aliphatic hydroxyl groups excluding tert-OH is 1. The Morgan fingerprint density at radius 2 is 1.88 bits per heavy atom. The molecule has 42 heavy (non-hydrogen) atoms. The number of alkyl halides is 3. The number of rotatable bonds is 8. The molecule has 1 aromatic carbocycles. The highest BCUT2D eigenvalue weighted by atomic mass is 19.4. The van der Waals surface area contributed by atoms with E-state index in [4.69, 9.17) is 10.5 Å². The highest BCUT2D eigenvalue weighted by molar-refractivity contribution is 5.99. The number of carbonyl (C=O) groups excluding carboxylic acids is 2. The van der Waals surface area contributed by atoms with Crippen molar-refractivity contribution in [1.29, 1.82) is 0 Å². The third kappa shape index (κ3) is 5.83. The second-order valence-corrected chi connectivity index (χ2v) is 12.2. The number of hydrogen-bond acceptors (Lipinski definition) is 6. The van der Waals surface area contributed by atoms with E-state index >= 15 is 4.39 Å². The van der Waals surface area contributed by atoms with Crippen LogP contribution in [0.2, 0.25) is 0 Å². The van der Waals surface area contributed by atoms with Gasteiger partial charge in [-0.2, -0.15) is 13.2 Å². The number of halogens is 4. The summed E-state index contributed by atoms with van der Waals surface area (Å²) in [4.78, 5) is 32.4. The number of nitrogens with two attached hydrogens (primary N) is 1. The number of nitrogens with zero attached hydrogens (tertiary/aromatic N) is 3. The third-order valence-electron chi connectivity index (χ3n) is 9.27. The van der Waals surface area contributed by atoms with E-state index < -0.39 is 40.9 Å². The average molecular weight is 593 g/mol. The second kappa shape index (κ2) is 11.4. The van der Waals surface area contributed by atoms with Crippen LogP contribution in [0, 0.1) is 17.2 Å². The highest BCUT2D eigenvalue weighted by Gasteiger charge is 2.58. The molecule has 2 aliphatic heterocycles. The van der Waals surface area contributed by atoms with Crippen LogP contribution >= 0.6 is 0 Å². The Kier molecular flexibility index (Phi) is 8.23. The summed E-state index contributed by atoms with van der Waals surface area (Å²) >= 11 is 0. The predicted octanol–water partition coefficient (Wildman–Crippen LogP) is 4.16. The minimum absolute atomic E-state index is 0.0104. The van der Waals surface area contributed by atoms with Crippen LogP contribution in [0.1, 0.15) is 55.8 Å². The summed E-state index contributed by atoms with van der Waals surface area (Å²) in [6.07, 6.45) is -1.02. The van der Waals surface area contributed by atoms with Gasteiger partial charge >= 0.3 is 6.18 Å². The molecule has 0 bridgehead atoms. The number of primary amides is 1. The van der Waals surface area contributed by atoms with Crippen LogP contribution in [-0.2, 0) is 4.79 Å². The van der Waals surface area contributed by atoms with Crippen molar-refractivity contribution in [3.8, 4) is 17.0 Å². The van der Waals surface area contributed by atoms with E-state index in [0.29, 0.717) is 37.6 Å². The Labute approximate surface area is 241 Å². The van der Waals surface area contributed by atoms with Gasteiger partial charge in [0.15, 0.2) is 0 Å². The van der Waals surface area contributed by atoms with Crippen LogP contribution in [0.4, 0.5) is 17.6 Å². The van der Waals surface area contributed by atoms with E-state index in [1.807, 2.05) is 4.90 Å². The van der Waals surface area contributed by atoms with Gasteiger partial charge in [0, 0.05) is 48.5 Å². The standard InChI is InChI=1S/C30H36F4N4O4/c1-28(27(35)41)14-22(39)16-38(28)26(40)20-3-5-23(24(31)13-20)21-4-6-25(36-15-21)42-17-19-7-11-37(12-8-19)18-29(9-2-10-29)30(32,33)34/h3-6,13,15,19,22,39H,2,7-12,14,16-18H2,1H3,(H2,35,41)/t22-,28+/m1/s1. The number of hydrogen-bond donors (Lipinski definition) is 2. The van der Waals surface area contributed by atoms with Crippen LogP contribution in [-0.4, -0.2) is 82.3 Å². The summed E-state index contributed by atoms with van der Waals surface area (Å²) in [5.74, 6) is -1.43. The lowest BCUT2D eigenvalue weighted by molar-refractivity contribution is -0.256. The molecule has 5 rings (SSSR count). The molecule has 3 aliphatic rings. The van der Waals surface area contributed by atoms with E-state index in [9.17, 15) is 27.9 Å². The topological polar surface area (TPSA) is 109 Å². The molecule has 2 saturated heterocycles. The number of ether oxygens (including phenoxy) is 1. The SMILES string of the molecule is C[C@@]1(C(N)=O)C[C@@H](O)CN1C(=O)c1ccc(-c2ccc(OCC3CCN(CC4(C(F)(F)F)CCC4)CC3)nc2)c(F)c1. The molecule has 8 nitrogen and oxygen atoms in total. The van der Waals surface area contributed by atoms with Gasteiger partial charge in [-0.3, -0.25) is 9.59 Å². The lowest BCUT2D eigenvalue weighted by Gasteiger charge is -2.47. The number of likely N-dealkylation sites (tertiary alicyclic amines) is 2. The van der Waals surface area contributed by atoms with Crippen molar-refractivity contribution < 1.29 is 37.0 Å². The fourth-order valence-corrected chi connectivity index (χ4v) is 6.33. The number of aliphatic hydroxyl groups is 1. The first-order valence-corrected chi connectivity index (χ1v) is 14.3. The van der Waals surface area contributed by atoms with E-state index in [-0.39, 0.29) is 49.4 Å². The van der Waals surface area contributed by atoms with Crippen molar-refractivity contribution in [3.63, 3.8) is 0 Å². The summed E-state index contributed by atoms with van der Waals surface area (Å²) in [6, 6.07) is 7.26. The molecule has 3 N–H and O–H groups in total. The van der Waals surface area contributed by atoms with Crippen LogP contribution in [0.3, 0.4) is 0 Å². The maximum absolute atomic E-state index is 15.1. The molecule has 2 amide bonds. The smallest absolute Gasteiger partial charge is 0.395 e.